The van der Waals surface area contributed by atoms with E-state index in [1.807, 2.05) is 6.92 Å². The van der Waals surface area contributed by atoms with Gasteiger partial charge in [0.1, 0.15) is 0 Å². The van der Waals surface area contributed by atoms with Crippen LogP contribution in [0.5, 0.6) is 0 Å². The smallest absolute Gasteiger partial charge is 0.0947 e. The lowest BCUT2D eigenvalue weighted by molar-refractivity contribution is 0.531. The standard InChI is InChI=1S/C13H20N4S2/c1-4-6-14-11(7-12-15-9(3)8-18-12)13-10(5-2)16-17-19-13/h8,11,14H,4-7H2,1-3H3. The molecule has 0 bridgehead atoms. The van der Waals surface area contributed by atoms with Crippen LogP contribution in [0.4, 0.5) is 0 Å². The van der Waals surface area contributed by atoms with Gasteiger partial charge in [-0.1, -0.05) is 18.3 Å². The first kappa shape index (κ1) is 14.6. The maximum atomic E-state index is 4.57. The van der Waals surface area contributed by atoms with Crippen molar-refractivity contribution in [1.82, 2.24) is 19.9 Å². The van der Waals surface area contributed by atoms with Crippen LogP contribution in [0.3, 0.4) is 0 Å². The van der Waals surface area contributed by atoms with E-state index >= 15 is 0 Å². The van der Waals surface area contributed by atoms with Gasteiger partial charge in [0.05, 0.1) is 21.6 Å². The first-order valence-corrected chi connectivity index (χ1v) is 8.35. The van der Waals surface area contributed by atoms with Crippen molar-refractivity contribution in [3.63, 3.8) is 0 Å². The minimum absolute atomic E-state index is 0.292. The molecule has 0 radical (unpaired) electrons. The molecule has 4 nitrogen and oxygen atoms in total. The average molecular weight is 296 g/mol. The van der Waals surface area contributed by atoms with Crippen molar-refractivity contribution in [3.8, 4) is 0 Å². The van der Waals surface area contributed by atoms with Crippen LogP contribution in [0.2, 0.25) is 0 Å². The van der Waals surface area contributed by atoms with Gasteiger partial charge in [0, 0.05) is 17.5 Å². The second-order valence-electron chi connectivity index (χ2n) is 4.53. The topological polar surface area (TPSA) is 50.7 Å². The van der Waals surface area contributed by atoms with Crippen molar-refractivity contribution in [2.24, 2.45) is 0 Å². The van der Waals surface area contributed by atoms with Gasteiger partial charge in [-0.3, -0.25) is 0 Å². The molecule has 0 aliphatic rings. The third kappa shape index (κ3) is 3.81. The van der Waals surface area contributed by atoms with Crippen LogP contribution in [0.1, 0.15) is 47.6 Å². The van der Waals surface area contributed by atoms with E-state index in [0.29, 0.717) is 6.04 Å². The van der Waals surface area contributed by atoms with Gasteiger partial charge in [-0.05, 0) is 37.8 Å². The van der Waals surface area contributed by atoms with E-state index in [1.54, 1.807) is 11.3 Å². The van der Waals surface area contributed by atoms with Crippen LogP contribution in [-0.4, -0.2) is 21.1 Å². The molecule has 0 aliphatic heterocycles. The molecular weight excluding hydrogens is 276 g/mol. The Morgan fingerprint density at radius 3 is 2.84 bits per heavy atom. The number of rotatable bonds is 7. The number of hydrogen-bond donors (Lipinski definition) is 1. The summed E-state index contributed by atoms with van der Waals surface area (Å²) >= 11 is 3.25. The van der Waals surface area contributed by atoms with Crippen LogP contribution in [0, 0.1) is 6.92 Å². The zero-order valence-electron chi connectivity index (χ0n) is 11.6. The Kier molecular flexibility index (Phi) is 5.42. The Bertz CT molecular complexity index is 506. The van der Waals surface area contributed by atoms with Crippen molar-refractivity contribution >= 4 is 22.9 Å². The molecule has 2 aromatic heterocycles. The summed E-state index contributed by atoms with van der Waals surface area (Å²) in [6.45, 7) is 7.37. The predicted octanol–water partition coefficient (Wildman–Crippen LogP) is 3.15. The lowest BCUT2D eigenvalue weighted by atomic mass is 10.1. The lowest BCUT2D eigenvalue weighted by Gasteiger charge is -2.16. The fourth-order valence-corrected chi connectivity index (χ4v) is 3.60. The summed E-state index contributed by atoms with van der Waals surface area (Å²) in [7, 11) is 0. The number of nitrogens with one attached hydrogen (secondary N) is 1. The molecule has 104 valence electrons. The van der Waals surface area contributed by atoms with E-state index in [9.17, 15) is 0 Å². The average Bonchev–Trinajstić information content (AvgIpc) is 3.03. The van der Waals surface area contributed by atoms with Crippen LogP contribution in [0.15, 0.2) is 5.38 Å². The summed E-state index contributed by atoms with van der Waals surface area (Å²) in [5.74, 6) is 0. The zero-order valence-corrected chi connectivity index (χ0v) is 13.3. The molecule has 1 unspecified atom stereocenters. The van der Waals surface area contributed by atoms with Crippen molar-refractivity contribution in [3.05, 3.63) is 26.7 Å². The fourth-order valence-electron chi connectivity index (χ4n) is 1.97. The van der Waals surface area contributed by atoms with E-state index in [0.717, 1.165) is 37.2 Å². The van der Waals surface area contributed by atoms with Crippen LogP contribution < -0.4 is 5.32 Å². The number of thiazole rings is 1. The van der Waals surface area contributed by atoms with Gasteiger partial charge in [0.15, 0.2) is 0 Å². The molecule has 2 rings (SSSR count). The monoisotopic (exact) mass is 296 g/mol. The molecule has 0 spiro atoms. The minimum atomic E-state index is 0.292. The number of aromatic nitrogens is 3. The van der Waals surface area contributed by atoms with Crippen molar-refractivity contribution in [1.29, 1.82) is 0 Å². The molecule has 0 fully saturated rings. The van der Waals surface area contributed by atoms with Crippen molar-refractivity contribution in [2.45, 2.75) is 46.1 Å². The highest BCUT2D eigenvalue weighted by molar-refractivity contribution is 7.09. The van der Waals surface area contributed by atoms with E-state index in [1.165, 1.54) is 21.4 Å². The Morgan fingerprint density at radius 2 is 2.21 bits per heavy atom. The van der Waals surface area contributed by atoms with Gasteiger partial charge in [-0.15, -0.1) is 16.4 Å². The second-order valence-corrected chi connectivity index (χ2v) is 6.26. The van der Waals surface area contributed by atoms with Gasteiger partial charge < -0.3 is 5.32 Å². The van der Waals surface area contributed by atoms with Gasteiger partial charge in [-0.25, -0.2) is 4.98 Å². The summed E-state index contributed by atoms with van der Waals surface area (Å²) in [6, 6.07) is 0.292. The van der Waals surface area contributed by atoms with E-state index in [4.69, 9.17) is 0 Å². The Labute approximate surface area is 122 Å². The first-order valence-electron chi connectivity index (χ1n) is 6.70. The molecule has 0 aromatic carbocycles. The molecule has 0 saturated heterocycles. The highest BCUT2D eigenvalue weighted by Gasteiger charge is 2.19. The number of aryl methyl sites for hydroxylation is 2. The Morgan fingerprint density at radius 1 is 1.37 bits per heavy atom. The summed E-state index contributed by atoms with van der Waals surface area (Å²) in [6.07, 6.45) is 2.99. The van der Waals surface area contributed by atoms with E-state index in [-0.39, 0.29) is 0 Å². The molecule has 19 heavy (non-hydrogen) atoms. The lowest BCUT2D eigenvalue weighted by Crippen LogP contribution is -2.24. The number of nitrogens with zero attached hydrogens (tertiary/aromatic N) is 3. The van der Waals surface area contributed by atoms with Crippen molar-refractivity contribution in [2.75, 3.05) is 6.54 Å². The van der Waals surface area contributed by atoms with Gasteiger partial charge >= 0.3 is 0 Å². The fraction of sp³-hybridized carbons (Fsp3) is 0.615. The summed E-state index contributed by atoms with van der Waals surface area (Å²) < 4.78 is 4.10. The first-order chi connectivity index (χ1) is 9.24. The van der Waals surface area contributed by atoms with E-state index < -0.39 is 0 Å². The third-order valence-electron chi connectivity index (χ3n) is 2.92. The van der Waals surface area contributed by atoms with Crippen LogP contribution >= 0.6 is 22.9 Å². The molecule has 1 N–H and O–H groups in total. The molecule has 2 aromatic rings. The van der Waals surface area contributed by atoms with Gasteiger partial charge in [0.2, 0.25) is 0 Å². The highest BCUT2D eigenvalue weighted by Crippen LogP contribution is 2.25. The molecule has 2 heterocycles. The molecule has 0 saturated carbocycles. The number of hydrogen-bond acceptors (Lipinski definition) is 6. The van der Waals surface area contributed by atoms with Gasteiger partial charge in [-0.2, -0.15) is 0 Å². The maximum Gasteiger partial charge on any atom is 0.0947 e. The summed E-state index contributed by atoms with van der Waals surface area (Å²) in [5.41, 5.74) is 2.22. The summed E-state index contributed by atoms with van der Waals surface area (Å²) in [5, 5.41) is 11.1. The highest BCUT2D eigenvalue weighted by atomic mass is 32.1. The van der Waals surface area contributed by atoms with Crippen LogP contribution in [-0.2, 0) is 12.8 Å². The molecule has 6 heteroatoms. The quantitative estimate of drug-likeness (QED) is 0.853. The normalized spacial score (nSPS) is 12.8. The second kappa shape index (κ2) is 7.07. The zero-order chi connectivity index (χ0) is 13.7. The Hall–Kier alpha value is -0.850. The summed E-state index contributed by atoms with van der Waals surface area (Å²) in [4.78, 5) is 5.83. The SMILES string of the molecule is CCCNC(Cc1nc(C)cs1)c1snnc1CC. The predicted molar refractivity (Wildman–Crippen MR) is 80.9 cm³/mol. The maximum absolute atomic E-state index is 4.57. The minimum Gasteiger partial charge on any atom is -0.309 e. The molecule has 0 amide bonds. The van der Waals surface area contributed by atoms with Gasteiger partial charge in [0.25, 0.3) is 0 Å². The Balaban J connectivity index is 2.15. The largest absolute Gasteiger partial charge is 0.309 e. The van der Waals surface area contributed by atoms with E-state index in [2.05, 4.69) is 39.1 Å². The molecule has 1 atom stereocenters. The molecular formula is C13H20N4S2. The van der Waals surface area contributed by atoms with Crippen LogP contribution in [0.25, 0.3) is 0 Å². The third-order valence-corrected chi connectivity index (χ3v) is 4.79. The van der Waals surface area contributed by atoms with Crippen molar-refractivity contribution < 1.29 is 0 Å². The molecule has 0 aliphatic carbocycles.